The third-order valence-electron chi connectivity index (χ3n) is 1.31. The van der Waals surface area contributed by atoms with Crippen molar-refractivity contribution in [3.63, 3.8) is 0 Å². The van der Waals surface area contributed by atoms with Crippen LogP contribution in [0.2, 0.25) is 0 Å². The minimum Gasteiger partial charge on any atom is -0.312 e. The van der Waals surface area contributed by atoms with Crippen LogP contribution >= 0.6 is 0 Å². The molecular weight excluding hydrogens is 124 g/mol. The Bertz CT molecular complexity index is 113. The Morgan fingerprint density at radius 2 is 2.00 bits per heavy atom. The predicted octanol–water partition coefficient (Wildman–Crippen LogP) is 1.68. The number of hydrogen-bond donors (Lipinski definition) is 1. The molecule has 0 unspecified atom stereocenters. The minimum absolute atomic E-state index is 0.472. The molecule has 0 rings (SSSR count). The van der Waals surface area contributed by atoms with Gasteiger partial charge in [-0.1, -0.05) is 13.8 Å². The van der Waals surface area contributed by atoms with Crippen LogP contribution in [-0.4, -0.2) is 12.1 Å². The third kappa shape index (κ3) is 5.58. The lowest BCUT2D eigenvalue weighted by Gasteiger charge is -2.14. The highest BCUT2D eigenvalue weighted by Gasteiger charge is 2.01. The smallest absolute Gasteiger partial charge is 0.0622 e. The highest BCUT2D eigenvalue weighted by atomic mass is 14.9. The van der Waals surface area contributed by atoms with Gasteiger partial charge in [0.2, 0.25) is 0 Å². The highest BCUT2D eigenvalue weighted by Crippen LogP contribution is 1.95. The van der Waals surface area contributed by atoms with Crippen LogP contribution in [0, 0.1) is 11.3 Å². The van der Waals surface area contributed by atoms with E-state index in [9.17, 15) is 0 Å². The zero-order valence-corrected chi connectivity index (χ0v) is 7.02. The molecule has 0 heterocycles. The van der Waals surface area contributed by atoms with E-state index in [1.807, 2.05) is 0 Å². The fourth-order valence-corrected chi connectivity index (χ4v) is 0.933. The lowest BCUT2D eigenvalue weighted by molar-refractivity contribution is 0.469. The Labute approximate surface area is 63.2 Å². The monoisotopic (exact) mass is 140 g/mol. The molecule has 2 heteroatoms. The van der Waals surface area contributed by atoms with Gasteiger partial charge in [-0.15, -0.1) is 0 Å². The first-order chi connectivity index (χ1) is 4.66. The molecule has 0 spiro atoms. The maximum atomic E-state index is 8.27. The largest absolute Gasteiger partial charge is 0.312 e. The van der Waals surface area contributed by atoms with Gasteiger partial charge in [-0.25, -0.2) is 0 Å². The van der Waals surface area contributed by atoms with Gasteiger partial charge in [-0.2, -0.15) is 5.26 Å². The van der Waals surface area contributed by atoms with Crippen molar-refractivity contribution in [1.82, 2.24) is 5.32 Å². The van der Waals surface area contributed by atoms with Crippen LogP contribution < -0.4 is 5.32 Å². The molecule has 0 saturated heterocycles. The van der Waals surface area contributed by atoms with Gasteiger partial charge >= 0.3 is 0 Å². The SMILES string of the molecule is CC(C)N[C@@H](C)CCC#N. The van der Waals surface area contributed by atoms with Crippen molar-refractivity contribution in [1.29, 1.82) is 5.26 Å². The summed E-state index contributed by atoms with van der Waals surface area (Å²) in [6.45, 7) is 6.34. The van der Waals surface area contributed by atoms with Crippen molar-refractivity contribution in [3.05, 3.63) is 0 Å². The van der Waals surface area contributed by atoms with Gasteiger partial charge in [0.05, 0.1) is 6.07 Å². The van der Waals surface area contributed by atoms with E-state index in [0.717, 1.165) is 6.42 Å². The van der Waals surface area contributed by atoms with Gasteiger partial charge in [0.15, 0.2) is 0 Å². The topological polar surface area (TPSA) is 35.8 Å². The number of nitrogens with zero attached hydrogens (tertiary/aromatic N) is 1. The van der Waals surface area contributed by atoms with E-state index in [0.29, 0.717) is 18.5 Å². The average Bonchev–Trinajstić information content (AvgIpc) is 1.82. The molecule has 0 bridgehead atoms. The molecular formula is C8H16N2. The van der Waals surface area contributed by atoms with Crippen LogP contribution in [0.25, 0.3) is 0 Å². The normalized spacial score (nSPS) is 13.1. The van der Waals surface area contributed by atoms with Crippen LogP contribution in [0.1, 0.15) is 33.6 Å². The van der Waals surface area contributed by atoms with Crippen LogP contribution in [0.15, 0.2) is 0 Å². The van der Waals surface area contributed by atoms with Crippen LogP contribution in [-0.2, 0) is 0 Å². The summed E-state index contributed by atoms with van der Waals surface area (Å²) in [4.78, 5) is 0. The summed E-state index contributed by atoms with van der Waals surface area (Å²) in [6, 6.07) is 3.13. The molecule has 2 nitrogen and oxygen atoms in total. The lowest BCUT2D eigenvalue weighted by atomic mass is 10.2. The van der Waals surface area contributed by atoms with Crippen LogP contribution in [0.5, 0.6) is 0 Å². The Morgan fingerprint density at radius 3 is 2.40 bits per heavy atom. The Morgan fingerprint density at radius 1 is 1.40 bits per heavy atom. The summed E-state index contributed by atoms with van der Waals surface area (Å²) in [5, 5.41) is 11.6. The molecule has 58 valence electrons. The Hall–Kier alpha value is -0.550. The summed E-state index contributed by atoms with van der Waals surface area (Å²) in [5.41, 5.74) is 0. The highest BCUT2D eigenvalue weighted by molar-refractivity contribution is 4.73. The predicted molar refractivity (Wildman–Crippen MR) is 42.6 cm³/mol. The molecule has 0 amide bonds. The van der Waals surface area contributed by atoms with Gasteiger partial charge in [0, 0.05) is 18.5 Å². The van der Waals surface area contributed by atoms with Crippen molar-refractivity contribution in [2.75, 3.05) is 0 Å². The summed E-state index contributed by atoms with van der Waals surface area (Å²) < 4.78 is 0. The average molecular weight is 140 g/mol. The van der Waals surface area contributed by atoms with Crippen molar-refractivity contribution >= 4 is 0 Å². The fourth-order valence-electron chi connectivity index (χ4n) is 0.933. The first kappa shape index (κ1) is 9.45. The zero-order valence-electron chi connectivity index (χ0n) is 7.02. The zero-order chi connectivity index (χ0) is 7.98. The molecule has 0 aliphatic rings. The molecule has 0 aliphatic carbocycles. The fraction of sp³-hybridized carbons (Fsp3) is 0.875. The number of nitriles is 1. The van der Waals surface area contributed by atoms with E-state index in [4.69, 9.17) is 5.26 Å². The number of hydrogen-bond acceptors (Lipinski definition) is 2. The second kappa shape index (κ2) is 5.25. The molecule has 0 aromatic rings. The molecule has 1 N–H and O–H groups in total. The van der Waals surface area contributed by atoms with Crippen molar-refractivity contribution in [2.24, 2.45) is 0 Å². The molecule has 0 saturated carbocycles. The molecule has 0 fully saturated rings. The maximum Gasteiger partial charge on any atom is 0.0622 e. The van der Waals surface area contributed by atoms with E-state index < -0.39 is 0 Å². The number of rotatable bonds is 4. The molecule has 0 aromatic carbocycles. The summed E-state index contributed by atoms with van der Waals surface area (Å²) in [7, 11) is 0. The van der Waals surface area contributed by atoms with E-state index in [1.165, 1.54) is 0 Å². The lowest BCUT2D eigenvalue weighted by Crippen LogP contribution is -2.32. The van der Waals surface area contributed by atoms with Gasteiger partial charge in [0.1, 0.15) is 0 Å². The molecule has 0 aliphatic heterocycles. The van der Waals surface area contributed by atoms with E-state index in [-0.39, 0.29) is 0 Å². The number of nitrogens with one attached hydrogen (secondary N) is 1. The summed E-state index contributed by atoms with van der Waals surface area (Å²) >= 11 is 0. The van der Waals surface area contributed by atoms with Crippen molar-refractivity contribution in [3.8, 4) is 6.07 Å². The van der Waals surface area contributed by atoms with Gasteiger partial charge < -0.3 is 5.32 Å². The first-order valence-electron chi connectivity index (χ1n) is 3.79. The van der Waals surface area contributed by atoms with E-state index in [1.54, 1.807) is 0 Å². The molecule has 0 radical (unpaired) electrons. The van der Waals surface area contributed by atoms with Crippen molar-refractivity contribution < 1.29 is 0 Å². The molecule has 10 heavy (non-hydrogen) atoms. The summed E-state index contributed by atoms with van der Waals surface area (Å²) in [6.07, 6.45) is 1.61. The van der Waals surface area contributed by atoms with E-state index in [2.05, 4.69) is 32.2 Å². The van der Waals surface area contributed by atoms with Gasteiger partial charge in [0.25, 0.3) is 0 Å². The van der Waals surface area contributed by atoms with Gasteiger partial charge in [-0.3, -0.25) is 0 Å². The molecule has 1 atom stereocenters. The van der Waals surface area contributed by atoms with Crippen LogP contribution in [0.4, 0.5) is 0 Å². The second-order valence-electron chi connectivity index (χ2n) is 2.92. The Balaban J connectivity index is 3.27. The third-order valence-corrected chi connectivity index (χ3v) is 1.31. The standard InChI is InChI=1S/C8H16N2/c1-7(2)10-8(3)5-4-6-9/h7-8,10H,4-5H2,1-3H3/t8-/m0/s1. The van der Waals surface area contributed by atoms with Gasteiger partial charge in [-0.05, 0) is 13.3 Å². The summed E-state index contributed by atoms with van der Waals surface area (Å²) in [5.74, 6) is 0. The van der Waals surface area contributed by atoms with Crippen molar-refractivity contribution in [2.45, 2.75) is 45.7 Å². The maximum absolute atomic E-state index is 8.27. The van der Waals surface area contributed by atoms with Crippen LogP contribution in [0.3, 0.4) is 0 Å². The first-order valence-corrected chi connectivity index (χ1v) is 3.79. The van der Waals surface area contributed by atoms with E-state index >= 15 is 0 Å². The molecule has 0 aromatic heterocycles. The Kier molecular flexibility index (Phi) is 4.96. The minimum atomic E-state index is 0.472. The second-order valence-corrected chi connectivity index (χ2v) is 2.92. The quantitative estimate of drug-likeness (QED) is 0.645.